The Morgan fingerprint density at radius 2 is 1.68 bits per heavy atom. The van der Waals surface area contributed by atoms with E-state index >= 15 is 0 Å². The number of anilines is 2. The smallest absolute Gasteiger partial charge is 0.267 e. The first kappa shape index (κ1) is 15.1. The third-order valence-corrected chi connectivity index (χ3v) is 2.72. The van der Waals surface area contributed by atoms with Gasteiger partial charge in [0.1, 0.15) is 23.2 Å². The summed E-state index contributed by atoms with van der Waals surface area (Å²) in [4.78, 5) is 11.9. The zero-order chi connectivity index (χ0) is 15.9. The number of amides is 1. The average molecular weight is 297 g/mol. The van der Waals surface area contributed by atoms with Gasteiger partial charge in [0.25, 0.3) is 5.91 Å². The maximum atomic E-state index is 12.8. The second kappa shape index (κ2) is 6.90. The van der Waals surface area contributed by atoms with Crippen molar-refractivity contribution in [2.24, 2.45) is 0 Å². The standard InChI is InChI=1S/C16H12FN3O2/c17-12-1-3-14(4-2-12)20-16(22)11(9-18)10-19-13-5-7-15(21)8-6-13/h1-8,10,19,21H,(H,20,22)/b11-10-. The molecule has 0 aromatic heterocycles. The highest BCUT2D eigenvalue weighted by molar-refractivity contribution is 6.06. The summed E-state index contributed by atoms with van der Waals surface area (Å²) < 4.78 is 12.8. The van der Waals surface area contributed by atoms with Crippen LogP contribution in [0.1, 0.15) is 0 Å². The topological polar surface area (TPSA) is 85.2 Å². The van der Waals surface area contributed by atoms with Gasteiger partial charge in [-0.1, -0.05) is 0 Å². The van der Waals surface area contributed by atoms with Crippen LogP contribution in [0.4, 0.5) is 15.8 Å². The number of hydrogen-bond donors (Lipinski definition) is 3. The fourth-order valence-electron chi connectivity index (χ4n) is 1.59. The van der Waals surface area contributed by atoms with E-state index < -0.39 is 11.7 Å². The number of nitrogens with zero attached hydrogens (tertiary/aromatic N) is 1. The number of nitriles is 1. The third kappa shape index (κ3) is 4.08. The lowest BCUT2D eigenvalue weighted by atomic mass is 10.2. The summed E-state index contributed by atoms with van der Waals surface area (Å²) in [6, 6.07) is 13.1. The molecule has 0 bridgehead atoms. The Morgan fingerprint density at radius 3 is 2.27 bits per heavy atom. The first-order valence-electron chi connectivity index (χ1n) is 6.31. The summed E-state index contributed by atoms with van der Waals surface area (Å²) in [5.74, 6) is -0.910. The molecule has 0 aliphatic carbocycles. The van der Waals surface area contributed by atoms with Crippen LogP contribution in [0.3, 0.4) is 0 Å². The second-order valence-electron chi connectivity index (χ2n) is 4.32. The van der Waals surface area contributed by atoms with Crippen LogP contribution in [0, 0.1) is 17.1 Å². The van der Waals surface area contributed by atoms with Crippen molar-refractivity contribution in [3.63, 3.8) is 0 Å². The van der Waals surface area contributed by atoms with Crippen LogP contribution in [-0.2, 0) is 4.79 Å². The molecule has 0 unspecified atom stereocenters. The van der Waals surface area contributed by atoms with Gasteiger partial charge in [-0.25, -0.2) is 4.39 Å². The molecule has 22 heavy (non-hydrogen) atoms. The molecule has 0 aliphatic heterocycles. The van der Waals surface area contributed by atoms with E-state index in [0.29, 0.717) is 11.4 Å². The number of carbonyl (C=O) groups excluding carboxylic acids is 1. The van der Waals surface area contributed by atoms with Crippen LogP contribution in [0.5, 0.6) is 5.75 Å². The lowest BCUT2D eigenvalue weighted by molar-refractivity contribution is -0.112. The predicted molar refractivity (Wildman–Crippen MR) is 80.5 cm³/mol. The molecular weight excluding hydrogens is 285 g/mol. The summed E-state index contributed by atoms with van der Waals surface area (Å²) in [5, 5.41) is 23.5. The zero-order valence-electron chi connectivity index (χ0n) is 11.4. The van der Waals surface area contributed by atoms with E-state index in [4.69, 9.17) is 10.4 Å². The number of phenols is 1. The van der Waals surface area contributed by atoms with Gasteiger partial charge in [-0.2, -0.15) is 5.26 Å². The molecule has 2 aromatic carbocycles. The first-order chi connectivity index (χ1) is 10.6. The van der Waals surface area contributed by atoms with Crippen LogP contribution >= 0.6 is 0 Å². The Hall–Kier alpha value is -3.33. The summed E-state index contributed by atoms with van der Waals surface area (Å²) in [5.41, 5.74) is 0.856. The Labute approximate surface area is 126 Å². The minimum atomic E-state index is -0.611. The first-order valence-corrected chi connectivity index (χ1v) is 6.31. The molecule has 110 valence electrons. The lowest BCUT2D eigenvalue weighted by Crippen LogP contribution is -2.14. The minimum absolute atomic E-state index is 0.115. The van der Waals surface area contributed by atoms with E-state index in [1.54, 1.807) is 18.2 Å². The fraction of sp³-hybridized carbons (Fsp3) is 0. The van der Waals surface area contributed by atoms with Crippen molar-refractivity contribution in [2.75, 3.05) is 10.6 Å². The average Bonchev–Trinajstić information content (AvgIpc) is 2.52. The zero-order valence-corrected chi connectivity index (χ0v) is 11.4. The number of hydrogen-bond acceptors (Lipinski definition) is 4. The van der Waals surface area contributed by atoms with E-state index in [1.807, 2.05) is 0 Å². The molecule has 0 saturated carbocycles. The Bertz CT molecular complexity index is 731. The van der Waals surface area contributed by atoms with Crippen molar-refractivity contribution in [2.45, 2.75) is 0 Å². The molecule has 0 atom stereocenters. The molecule has 2 rings (SSSR count). The van der Waals surface area contributed by atoms with E-state index in [0.717, 1.165) is 0 Å². The maximum absolute atomic E-state index is 12.8. The van der Waals surface area contributed by atoms with E-state index in [-0.39, 0.29) is 11.3 Å². The van der Waals surface area contributed by atoms with Crippen LogP contribution < -0.4 is 10.6 Å². The van der Waals surface area contributed by atoms with Gasteiger partial charge in [0.05, 0.1) is 0 Å². The van der Waals surface area contributed by atoms with Crippen LogP contribution in [0.25, 0.3) is 0 Å². The largest absolute Gasteiger partial charge is 0.508 e. The number of nitrogens with one attached hydrogen (secondary N) is 2. The molecule has 0 radical (unpaired) electrons. The molecule has 0 saturated heterocycles. The number of benzene rings is 2. The van der Waals surface area contributed by atoms with Crippen molar-refractivity contribution in [3.8, 4) is 11.8 Å². The molecule has 3 N–H and O–H groups in total. The quantitative estimate of drug-likeness (QED) is 0.460. The molecule has 6 heteroatoms. The number of halogens is 1. The van der Waals surface area contributed by atoms with E-state index in [2.05, 4.69) is 10.6 Å². The highest BCUT2D eigenvalue weighted by Gasteiger charge is 2.09. The number of rotatable bonds is 4. The van der Waals surface area contributed by atoms with Gasteiger partial charge in [0, 0.05) is 17.6 Å². The summed E-state index contributed by atoms with van der Waals surface area (Å²) in [6.07, 6.45) is 1.26. The van der Waals surface area contributed by atoms with Crippen molar-refractivity contribution in [3.05, 3.63) is 66.1 Å². The van der Waals surface area contributed by atoms with Gasteiger partial charge < -0.3 is 15.7 Å². The van der Waals surface area contributed by atoms with Crippen molar-refractivity contribution >= 4 is 17.3 Å². The maximum Gasteiger partial charge on any atom is 0.267 e. The molecule has 0 aliphatic rings. The second-order valence-corrected chi connectivity index (χ2v) is 4.32. The molecule has 0 fully saturated rings. The van der Waals surface area contributed by atoms with Gasteiger partial charge in [0.15, 0.2) is 0 Å². The van der Waals surface area contributed by atoms with Gasteiger partial charge in [-0.3, -0.25) is 4.79 Å². The minimum Gasteiger partial charge on any atom is -0.508 e. The Kier molecular flexibility index (Phi) is 4.73. The summed E-state index contributed by atoms with van der Waals surface area (Å²) >= 11 is 0. The SMILES string of the molecule is N#C/C(=C/Nc1ccc(O)cc1)C(=O)Nc1ccc(F)cc1. The fourth-order valence-corrected chi connectivity index (χ4v) is 1.59. The normalized spacial score (nSPS) is 10.6. The molecule has 1 amide bonds. The molecular formula is C16H12FN3O2. The van der Waals surface area contributed by atoms with Crippen LogP contribution in [-0.4, -0.2) is 11.0 Å². The van der Waals surface area contributed by atoms with Crippen LogP contribution in [0.15, 0.2) is 60.3 Å². The Morgan fingerprint density at radius 1 is 1.09 bits per heavy atom. The van der Waals surface area contributed by atoms with Crippen LogP contribution in [0.2, 0.25) is 0 Å². The van der Waals surface area contributed by atoms with Gasteiger partial charge in [0.2, 0.25) is 0 Å². The van der Waals surface area contributed by atoms with Crippen molar-refractivity contribution in [1.82, 2.24) is 0 Å². The molecule has 2 aromatic rings. The predicted octanol–water partition coefficient (Wildman–Crippen LogP) is 2.99. The van der Waals surface area contributed by atoms with E-state index in [9.17, 15) is 9.18 Å². The van der Waals surface area contributed by atoms with Gasteiger partial charge >= 0.3 is 0 Å². The molecule has 0 spiro atoms. The van der Waals surface area contributed by atoms with E-state index in [1.165, 1.54) is 42.6 Å². The van der Waals surface area contributed by atoms with Crippen molar-refractivity contribution < 1.29 is 14.3 Å². The van der Waals surface area contributed by atoms with Gasteiger partial charge in [-0.05, 0) is 48.5 Å². The Balaban J connectivity index is 2.05. The van der Waals surface area contributed by atoms with Gasteiger partial charge in [-0.15, -0.1) is 0 Å². The molecule has 5 nitrogen and oxygen atoms in total. The number of aromatic hydroxyl groups is 1. The lowest BCUT2D eigenvalue weighted by Gasteiger charge is -2.05. The highest BCUT2D eigenvalue weighted by atomic mass is 19.1. The third-order valence-electron chi connectivity index (χ3n) is 2.72. The number of carbonyl (C=O) groups is 1. The molecule has 0 heterocycles. The highest BCUT2D eigenvalue weighted by Crippen LogP contribution is 2.14. The van der Waals surface area contributed by atoms with Crippen molar-refractivity contribution in [1.29, 1.82) is 5.26 Å². The number of phenolic OH excluding ortho intramolecular Hbond substituents is 1. The summed E-state index contributed by atoms with van der Waals surface area (Å²) in [7, 11) is 0. The monoisotopic (exact) mass is 297 g/mol. The summed E-state index contributed by atoms with van der Waals surface area (Å²) in [6.45, 7) is 0.